The number of rotatable bonds is 2. The van der Waals surface area contributed by atoms with Crippen LogP contribution in [0, 0.1) is 5.82 Å². The highest BCUT2D eigenvalue weighted by Crippen LogP contribution is 2.25. The van der Waals surface area contributed by atoms with Gasteiger partial charge in [-0.05, 0) is 29.3 Å². The fourth-order valence-electron chi connectivity index (χ4n) is 1.23. The Bertz CT molecular complexity index is 484. The van der Waals surface area contributed by atoms with Crippen molar-refractivity contribution in [2.75, 3.05) is 0 Å². The van der Waals surface area contributed by atoms with E-state index in [9.17, 15) is 4.39 Å². The zero-order valence-electron chi connectivity index (χ0n) is 7.58. The van der Waals surface area contributed by atoms with Crippen LogP contribution >= 0.6 is 11.6 Å². The molecule has 0 saturated carbocycles. The number of nitrogens with zero attached hydrogens (tertiary/aromatic N) is 1. The van der Waals surface area contributed by atoms with E-state index in [1.807, 2.05) is 0 Å². The molecule has 0 fully saturated rings. The first-order valence-corrected chi connectivity index (χ1v) is 4.59. The van der Waals surface area contributed by atoms with E-state index in [1.54, 1.807) is 6.07 Å². The average Bonchev–Trinajstić information content (AvgIpc) is 2.64. The van der Waals surface area contributed by atoms with Gasteiger partial charge in [-0.1, -0.05) is 6.07 Å². The molecule has 0 aliphatic rings. The van der Waals surface area contributed by atoms with Crippen LogP contribution in [-0.4, -0.2) is 10.1 Å². The minimum absolute atomic E-state index is 0.0318. The van der Waals surface area contributed by atoms with Gasteiger partial charge in [-0.25, -0.2) is 9.37 Å². The molecule has 0 spiro atoms. The molecule has 1 aromatic carbocycles. The predicted octanol–water partition coefficient (Wildman–Crippen LogP) is 2.63. The lowest BCUT2D eigenvalue weighted by atomic mass is 10.1. The Balaban J connectivity index is 2.45. The van der Waals surface area contributed by atoms with Crippen LogP contribution in [0.5, 0.6) is 0 Å². The third-order valence-electron chi connectivity index (χ3n) is 1.96. The summed E-state index contributed by atoms with van der Waals surface area (Å²) < 4.78 is 18.5. The van der Waals surface area contributed by atoms with Gasteiger partial charge in [-0.3, -0.25) is 0 Å². The number of aromatic nitrogens is 1. The first-order chi connectivity index (χ1) is 7.20. The van der Waals surface area contributed by atoms with Gasteiger partial charge in [0.1, 0.15) is 5.82 Å². The van der Waals surface area contributed by atoms with Crippen LogP contribution in [-0.2, 0) is 6.61 Å². The summed E-state index contributed by atoms with van der Waals surface area (Å²) >= 11 is 5.48. The second kappa shape index (κ2) is 4.00. The van der Waals surface area contributed by atoms with Crippen LogP contribution < -0.4 is 0 Å². The molecule has 0 atom stereocenters. The molecule has 1 aromatic heterocycles. The maximum Gasteiger partial charge on any atom is 0.292 e. The van der Waals surface area contributed by atoms with E-state index in [0.29, 0.717) is 5.56 Å². The summed E-state index contributed by atoms with van der Waals surface area (Å²) in [6, 6.07) is 4.36. The summed E-state index contributed by atoms with van der Waals surface area (Å²) in [4.78, 5) is 3.66. The lowest BCUT2D eigenvalue weighted by Crippen LogP contribution is -1.87. The molecular formula is C10H7ClFNO2. The third kappa shape index (κ3) is 2.00. The van der Waals surface area contributed by atoms with Crippen LogP contribution in [0.1, 0.15) is 5.56 Å². The zero-order valence-corrected chi connectivity index (χ0v) is 8.33. The van der Waals surface area contributed by atoms with E-state index in [4.69, 9.17) is 21.1 Å². The van der Waals surface area contributed by atoms with Gasteiger partial charge in [-0.2, -0.15) is 0 Å². The lowest BCUT2D eigenvalue weighted by Gasteiger charge is -2.00. The number of oxazole rings is 1. The Kier molecular flexibility index (Phi) is 2.70. The highest BCUT2D eigenvalue weighted by Gasteiger charge is 2.10. The molecule has 0 unspecified atom stereocenters. The lowest BCUT2D eigenvalue weighted by molar-refractivity contribution is 0.281. The number of hydrogen-bond acceptors (Lipinski definition) is 3. The van der Waals surface area contributed by atoms with E-state index >= 15 is 0 Å². The largest absolute Gasteiger partial charge is 0.427 e. The van der Waals surface area contributed by atoms with Gasteiger partial charge < -0.3 is 9.52 Å². The van der Waals surface area contributed by atoms with E-state index < -0.39 is 5.82 Å². The van der Waals surface area contributed by atoms with E-state index in [2.05, 4.69) is 4.98 Å². The summed E-state index contributed by atoms with van der Waals surface area (Å²) in [5, 5.41) is 8.77. The van der Waals surface area contributed by atoms with Crippen molar-refractivity contribution in [2.45, 2.75) is 6.61 Å². The molecule has 0 amide bonds. The zero-order chi connectivity index (χ0) is 10.8. The highest BCUT2D eigenvalue weighted by molar-refractivity contribution is 6.27. The Morgan fingerprint density at radius 2 is 2.27 bits per heavy atom. The highest BCUT2D eigenvalue weighted by atomic mass is 35.5. The smallest absolute Gasteiger partial charge is 0.292 e. The van der Waals surface area contributed by atoms with Gasteiger partial charge in [0.2, 0.25) is 0 Å². The molecule has 1 N–H and O–H groups in total. The minimum atomic E-state index is -0.477. The Morgan fingerprint density at radius 3 is 2.80 bits per heavy atom. The summed E-state index contributed by atoms with van der Waals surface area (Å²) in [7, 11) is 0. The molecule has 0 aliphatic heterocycles. The number of halogens is 2. The molecule has 1 heterocycles. The Morgan fingerprint density at radius 1 is 1.47 bits per heavy atom. The maximum absolute atomic E-state index is 13.5. The summed E-state index contributed by atoms with van der Waals surface area (Å²) in [6.07, 6.45) is 1.35. The van der Waals surface area contributed by atoms with Gasteiger partial charge in [0, 0.05) is 0 Å². The normalized spacial score (nSPS) is 10.6. The first-order valence-electron chi connectivity index (χ1n) is 4.21. The number of aliphatic hydroxyl groups excluding tert-OH is 1. The predicted molar refractivity (Wildman–Crippen MR) is 52.8 cm³/mol. The minimum Gasteiger partial charge on any atom is -0.427 e. The fourth-order valence-corrected chi connectivity index (χ4v) is 1.37. The fraction of sp³-hybridized carbons (Fsp3) is 0.100. The monoisotopic (exact) mass is 227 g/mol. The SMILES string of the molecule is OCc1ccc(-c2cnc(Cl)o2)c(F)c1. The topological polar surface area (TPSA) is 46.3 Å². The molecule has 2 rings (SSSR count). The van der Waals surface area contributed by atoms with Gasteiger partial charge in [0.05, 0.1) is 18.4 Å². The summed E-state index contributed by atoms with van der Waals surface area (Å²) in [5.41, 5.74) is 0.772. The molecule has 3 nitrogen and oxygen atoms in total. The van der Waals surface area contributed by atoms with Crippen LogP contribution in [0.15, 0.2) is 28.8 Å². The second-order valence-corrected chi connectivity index (χ2v) is 3.27. The Labute approximate surface area is 90.1 Å². The molecule has 0 saturated heterocycles. The molecule has 5 heteroatoms. The molecule has 15 heavy (non-hydrogen) atoms. The molecular weight excluding hydrogens is 221 g/mol. The van der Waals surface area contributed by atoms with Crippen LogP contribution in [0.2, 0.25) is 5.35 Å². The molecule has 0 radical (unpaired) electrons. The number of benzene rings is 1. The van der Waals surface area contributed by atoms with Crippen molar-refractivity contribution >= 4 is 11.6 Å². The Hall–Kier alpha value is -1.39. The average molecular weight is 228 g/mol. The van der Waals surface area contributed by atoms with Gasteiger partial charge in [0.25, 0.3) is 5.35 Å². The standard InChI is InChI=1S/C10H7ClFNO2/c11-10-13-4-9(15-10)7-2-1-6(5-14)3-8(7)12/h1-4,14H,5H2. The van der Waals surface area contributed by atoms with Crippen molar-refractivity contribution in [3.05, 3.63) is 41.1 Å². The van der Waals surface area contributed by atoms with Gasteiger partial charge >= 0.3 is 0 Å². The third-order valence-corrected chi connectivity index (χ3v) is 2.13. The number of aliphatic hydroxyl groups is 1. The van der Waals surface area contributed by atoms with Crippen molar-refractivity contribution in [3.63, 3.8) is 0 Å². The van der Waals surface area contributed by atoms with Gasteiger partial charge in [0.15, 0.2) is 5.76 Å². The maximum atomic E-state index is 13.5. The first kappa shape index (κ1) is 10.1. The summed E-state index contributed by atoms with van der Waals surface area (Å²) in [5.74, 6) is -0.212. The second-order valence-electron chi connectivity index (χ2n) is 2.95. The molecule has 78 valence electrons. The van der Waals surface area contributed by atoms with Gasteiger partial charge in [-0.15, -0.1) is 0 Å². The molecule has 2 aromatic rings. The number of hydrogen-bond donors (Lipinski definition) is 1. The van der Waals surface area contributed by atoms with Crippen molar-refractivity contribution in [2.24, 2.45) is 0 Å². The van der Waals surface area contributed by atoms with E-state index in [0.717, 1.165) is 0 Å². The van der Waals surface area contributed by atoms with Crippen molar-refractivity contribution < 1.29 is 13.9 Å². The van der Waals surface area contributed by atoms with E-state index in [-0.39, 0.29) is 23.3 Å². The quantitative estimate of drug-likeness (QED) is 0.858. The van der Waals surface area contributed by atoms with Crippen molar-refractivity contribution in [3.8, 4) is 11.3 Å². The molecule has 0 bridgehead atoms. The summed E-state index contributed by atoms with van der Waals surface area (Å²) in [6.45, 7) is -0.200. The van der Waals surface area contributed by atoms with Crippen molar-refractivity contribution in [1.82, 2.24) is 4.98 Å². The van der Waals surface area contributed by atoms with Crippen LogP contribution in [0.3, 0.4) is 0 Å². The van der Waals surface area contributed by atoms with Crippen LogP contribution in [0.25, 0.3) is 11.3 Å². The van der Waals surface area contributed by atoms with Crippen molar-refractivity contribution in [1.29, 1.82) is 0 Å². The van der Waals surface area contributed by atoms with E-state index in [1.165, 1.54) is 18.3 Å². The molecule has 0 aliphatic carbocycles. The van der Waals surface area contributed by atoms with Crippen LogP contribution in [0.4, 0.5) is 4.39 Å².